The van der Waals surface area contributed by atoms with Gasteiger partial charge in [-0.25, -0.2) is 13.9 Å². The van der Waals surface area contributed by atoms with Crippen LogP contribution in [-0.4, -0.2) is 51.1 Å². The largest absolute Gasteiger partial charge is 0.434 e. The molecule has 0 radical (unpaired) electrons. The first-order valence-electron chi connectivity index (χ1n) is 11.4. The van der Waals surface area contributed by atoms with Crippen LogP contribution >= 0.6 is 0 Å². The molecule has 4 heterocycles. The smallest absolute Gasteiger partial charge is 0.387 e. The van der Waals surface area contributed by atoms with Gasteiger partial charge in [0, 0.05) is 42.4 Å². The second-order valence-corrected chi connectivity index (χ2v) is 8.87. The molecule has 0 saturated heterocycles. The van der Waals surface area contributed by atoms with Crippen molar-refractivity contribution in [3.63, 3.8) is 0 Å². The molecule has 1 aromatic carbocycles. The molecule has 2 atom stereocenters. The van der Waals surface area contributed by atoms with Gasteiger partial charge in [-0.2, -0.15) is 13.9 Å². The molecule has 8 nitrogen and oxygen atoms in total. The molecule has 2 bridgehead atoms. The SMILES string of the molecule is CNCc1ncc(-c2ccc3nc4c(n3n2)C2CC4N(C)C(=O)c3cccc(OC(F)F)c32)cc1F. The third-order valence-electron chi connectivity index (χ3n) is 6.85. The lowest BCUT2D eigenvalue weighted by atomic mass is 9.91. The van der Waals surface area contributed by atoms with Crippen molar-refractivity contribution < 1.29 is 22.7 Å². The first kappa shape index (κ1) is 22.5. The molecule has 1 aliphatic heterocycles. The zero-order chi connectivity index (χ0) is 25.1. The van der Waals surface area contributed by atoms with Gasteiger partial charge in [-0.05, 0) is 43.8 Å². The molecule has 0 fully saturated rings. The van der Waals surface area contributed by atoms with Gasteiger partial charge in [-0.15, -0.1) is 0 Å². The molecule has 4 aromatic rings. The summed E-state index contributed by atoms with van der Waals surface area (Å²) in [5.41, 5.74) is 3.87. The number of amides is 1. The fraction of sp³-hybridized carbons (Fsp3) is 0.280. The highest BCUT2D eigenvalue weighted by Gasteiger charge is 2.46. The summed E-state index contributed by atoms with van der Waals surface area (Å²) in [6, 6.07) is 9.11. The number of rotatable bonds is 5. The van der Waals surface area contributed by atoms with Crippen molar-refractivity contribution in [2.75, 3.05) is 14.1 Å². The number of halogens is 3. The van der Waals surface area contributed by atoms with E-state index in [4.69, 9.17) is 14.8 Å². The molecular formula is C25H21F3N6O2. The third-order valence-corrected chi connectivity index (χ3v) is 6.85. The van der Waals surface area contributed by atoms with Crippen LogP contribution in [0.2, 0.25) is 0 Å². The van der Waals surface area contributed by atoms with E-state index in [1.165, 1.54) is 18.2 Å². The Balaban J connectivity index is 1.53. The number of aromatic nitrogens is 4. The summed E-state index contributed by atoms with van der Waals surface area (Å²) in [4.78, 5) is 23.7. The van der Waals surface area contributed by atoms with Gasteiger partial charge in [0.15, 0.2) is 5.65 Å². The summed E-state index contributed by atoms with van der Waals surface area (Å²) in [5, 5.41) is 7.61. The maximum absolute atomic E-state index is 14.5. The molecule has 0 saturated carbocycles. The normalized spacial score (nSPS) is 18.5. The standard InChI is InChI=1S/C25H21F3N6O2/c1-29-11-17-15(26)8-12(10-30-17)16-6-7-20-31-22-18-9-14(23(22)34(20)32-16)21-13(24(35)33(18)2)4-3-5-19(21)36-25(27)28/h3-8,10,14,18,25,29H,9,11H2,1-2H3. The van der Waals surface area contributed by atoms with Crippen molar-refractivity contribution in [3.8, 4) is 17.0 Å². The molecule has 1 amide bonds. The van der Waals surface area contributed by atoms with Crippen LogP contribution in [0.1, 0.15) is 51.4 Å². The topological polar surface area (TPSA) is 84.7 Å². The van der Waals surface area contributed by atoms with Crippen LogP contribution in [0.25, 0.3) is 16.9 Å². The van der Waals surface area contributed by atoms with Crippen LogP contribution in [0.3, 0.4) is 0 Å². The summed E-state index contributed by atoms with van der Waals surface area (Å²) in [6.07, 6.45) is 2.01. The quantitative estimate of drug-likeness (QED) is 0.453. The number of hydrogen-bond acceptors (Lipinski definition) is 6. The second kappa shape index (κ2) is 8.30. The van der Waals surface area contributed by atoms with E-state index in [9.17, 15) is 18.0 Å². The van der Waals surface area contributed by atoms with E-state index >= 15 is 0 Å². The average Bonchev–Trinajstić information content (AvgIpc) is 3.38. The van der Waals surface area contributed by atoms with Gasteiger partial charge in [0.1, 0.15) is 11.6 Å². The van der Waals surface area contributed by atoms with E-state index in [0.29, 0.717) is 58.1 Å². The number of nitrogens with zero attached hydrogens (tertiary/aromatic N) is 5. The number of carbonyl (C=O) groups excluding carboxylic acids is 1. The van der Waals surface area contributed by atoms with Crippen LogP contribution < -0.4 is 10.1 Å². The fourth-order valence-electron chi connectivity index (χ4n) is 5.26. The lowest BCUT2D eigenvalue weighted by Crippen LogP contribution is -2.30. The van der Waals surface area contributed by atoms with Gasteiger partial charge in [-0.3, -0.25) is 9.78 Å². The maximum atomic E-state index is 14.5. The molecule has 2 aliphatic rings. The lowest BCUT2D eigenvalue weighted by Gasteiger charge is -2.23. The zero-order valence-corrected chi connectivity index (χ0v) is 19.4. The van der Waals surface area contributed by atoms with Crippen LogP contribution in [0.15, 0.2) is 42.6 Å². The monoisotopic (exact) mass is 494 g/mol. The predicted molar refractivity (Wildman–Crippen MR) is 123 cm³/mol. The minimum absolute atomic E-state index is 0.0414. The Labute approximate surface area is 203 Å². The molecule has 1 aliphatic carbocycles. The Morgan fingerprint density at radius 1 is 1.25 bits per heavy atom. The Bertz CT molecular complexity index is 1520. The van der Waals surface area contributed by atoms with Gasteiger partial charge < -0.3 is 15.0 Å². The maximum Gasteiger partial charge on any atom is 0.387 e. The number of ether oxygens (including phenoxy) is 1. The van der Waals surface area contributed by atoms with Crippen molar-refractivity contribution in [1.29, 1.82) is 0 Å². The molecule has 0 spiro atoms. The lowest BCUT2D eigenvalue weighted by molar-refractivity contribution is -0.0506. The number of benzene rings is 1. The number of pyridine rings is 1. The summed E-state index contributed by atoms with van der Waals surface area (Å²) >= 11 is 0. The van der Waals surface area contributed by atoms with Crippen molar-refractivity contribution in [1.82, 2.24) is 29.8 Å². The highest BCUT2D eigenvalue weighted by Crippen LogP contribution is 2.52. The number of alkyl halides is 2. The zero-order valence-electron chi connectivity index (χ0n) is 19.4. The van der Waals surface area contributed by atoms with Gasteiger partial charge in [0.05, 0.1) is 28.8 Å². The van der Waals surface area contributed by atoms with Crippen LogP contribution in [0.4, 0.5) is 13.2 Å². The average molecular weight is 494 g/mol. The highest BCUT2D eigenvalue weighted by molar-refractivity contribution is 5.98. The van der Waals surface area contributed by atoms with E-state index in [0.717, 1.165) is 0 Å². The van der Waals surface area contributed by atoms with Crippen LogP contribution in [0, 0.1) is 5.82 Å². The molecule has 2 unspecified atom stereocenters. The first-order valence-corrected chi connectivity index (χ1v) is 11.4. The predicted octanol–water partition coefficient (Wildman–Crippen LogP) is 3.91. The second-order valence-electron chi connectivity index (χ2n) is 8.87. The van der Waals surface area contributed by atoms with Gasteiger partial charge in [-0.1, -0.05) is 6.07 Å². The Morgan fingerprint density at radius 2 is 2.08 bits per heavy atom. The Morgan fingerprint density at radius 3 is 2.83 bits per heavy atom. The third kappa shape index (κ3) is 3.34. The summed E-state index contributed by atoms with van der Waals surface area (Å²) in [7, 11) is 3.39. The fourth-order valence-corrected chi connectivity index (χ4v) is 5.26. The van der Waals surface area contributed by atoms with E-state index in [2.05, 4.69) is 10.3 Å². The molecule has 11 heteroatoms. The van der Waals surface area contributed by atoms with E-state index in [-0.39, 0.29) is 17.7 Å². The summed E-state index contributed by atoms with van der Waals surface area (Å²) in [6.45, 7) is -2.74. The first-order chi connectivity index (χ1) is 17.4. The van der Waals surface area contributed by atoms with Crippen LogP contribution in [0.5, 0.6) is 5.75 Å². The molecule has 1 N–H and O–H groups in total. The number of nitrogens with one attached hydrogen (secondary N) is 1. The van der Waals surface area contributed by atoms with Crippen LogP contribution in [-0.2, 0) is 6.54 Å². The number of hydrogen-bond donors (Lipinski definition) is 1. The van der Waals surface area contributed by atoms with Crippen molar-refractivity contribution >= 4 is 11.6 Å². The van der Waals surface area contributed by atoms with E-state index < -0.39 is 18.3 Å². The van der Waals surface area contributed by atoms with E-state index in [1.807, 2.05) is 0 Å². The summed E-state index contributed by atoms with van der Waals surface area (Å²) < 4.78 is 47.6. The number of fused-ring (bicyclic) bond motifs is 9. The van der Waals surface area contributed by atoms with Crippen molar-refractivity contribution in [2.24, 2.45) is 0 Å². The molecule has 3 aromatic heterocycles. The molecule has 6 rings (SSSR count). The highest BCUT2D eigenvalue weighted by atomic mass is 19.3. The molecular weight excluding hydrogens is 473 g/mol. The van der Waals surface area contributed by atoms with E-state index in [1.54, 1.807) is 47.9 Å². The Kier molecular flexibility index (Phi) is 5.18. The minimum Gasteiger partial charge on any atom is -0.434 e. The molecule has 184 valence electrons. The van der Waals surface area contributed by atoms with Gasteiger partial charge >= 0.3 is 6.61 Å². The number of carbonyl (C=O) groups is 1. The van der Waals surface area contributed by atoms with Gasteiger partial charge in [0.2, 0.25) is 0 Å². The molecule has 36 heavy (non-hydrogen) atoms. The number of imidazole rings is 1. The van der Waals surface area contributed by atoms with Crippen molar-refractivity contribution in [3.05, 3.63) is 76.6 Å². The Hall–Kier alpha value is -3.99. The minimum atomic E-state index is -3.04. The summed E-state index contributed by atoms with van der Waals surface area (Å²) in [5.74, 6) is -1.22. The van der Waals surface area contributed by atoms with Gasteiger partial charge in [0.25, 0.3) is 5.91 Å². The van der Waals surface area contributed by atoms with Crippen molar-refractivity contribution in [2.45, 2.75) is 31.5 Å².